The van der Waals surface area contributed by atoms with Gasteiger partial charge in [0, 0.05) is 29.9 Å². The smallest absolute Gasteiger partial charge is 0.332 e. The first-order chi connectivity index (χ1) is 10.9. The first-order valence-electron chi connectivity index (χ1n) is 7.65. The van der Waals surface area contributed by atoms with Crippen molar-refractivity contribution in [2.75, 3.05) is 19.0 Å². The van der Waals surface area contributed by atoms with Crippen molar-refractivity contribution in [3.05, 3.63) is 35.2 Å². The Morgan fingerprint density at radius 2 is 2.04 bits per heavy atom. The molecule has 0 amide bonds. The number of benzene rings is 1. The lowest BCUT2D eigenvalue weighted by atomic mass is 10.1. The van der Waals surface area contributed by atoms with E-state index in [0.29, 0.717) is 12.3 Å². The maximum Gasteiger partial charge on any atom is 0.332 e. The van der Waals surface area contributed by atoms with Gasteiger partial charge in [-0.2, -0.15) is 0 Å². The number of fused-ring (bicyclic) bond motifs is 1. The topological polar surface area (TPSA) is 52.5 Å². The van der Waals surface area contributed by atoms with E-state index < -0.39 is 0 Å². The van der Waals surface area contributed by atoms with Gasteiger partial charge in [0.1, 0.15) is 0 Å². The number of carbonyl (C=O) groups is 1. The summed E-state index contributed by atoms with van der Waals surface area (Å²) in [5, 5.41) is 4.39. The molecular weight excluding hydrogens is 292 g/mol. The van der Waals surface area contributed by atoms with Gasteiger partial charge >= 0.3 is 5.97 Å². The summed E-state index contributed by atoms with van der Waals surface area (Å²) in [7, 11) is 3.68. The maximum atomic E-state index is 11.5. The number of esters is 1. The van der Waals surface area contributed by atoms with Gasteiger partial charge in [0.2, 0.25) is 0 Å². The SMILES string of the molecule is CCOC(=O)/C=C(\C)Nc1ccc2c(C)c(C)n(C)c2c1OC. The van der Waals surface area contributed by atoms with Crippen molar-refractivity contribution in [2.24, 2.45) is 7.05 Å². The van der Waals surface area contributed by atoms with E-state index in [9.17, 15) is 4.79 Å². The Bertz CT molecular complexity index is 772. The predicted molar refractivity (Wildman–Crippen MR) is 93.0 cm³/mol. The molecule has 0 unspecified atom stereocenters. The van der Waals surface area contributed by atoms with Gasteiger partial charge in [-0.25, -0.2) is 4.79 Å². The molecule has 0 spiro atoms. The molecule has 1 heterocycles. The van der Waals surface area contributed by atoms with Crippen LogP contribution in [0, 0.1) is 13.8 Å². The Morgan fingerprint density at radius 3 is 2.65 bits per heavy atom. The first-order valence-corrected chi connectivity index (χ1v) is 7.65. The number of hydrogen-bond acceptors (Lipinski definition) is 4. The molecule has 0 radical (unpaired) electrons. The highest BCUT2D eigenvalue weighted by Gasteiger charge is 2.16. The van der Waals surface area contributed by atoms with Gasteiger partial charge in [0.05, 0.1) is 24.9 Å². The van der Waals surface area contributed by atoms with Crippen LogP contribution in [0.2, 0.25) is 0 Å². The molecule has 0 aliphatic carbocycles. The number of aryl methyl sites for hydroxylation is 2. The fourth-order valence-corrected chi connectivity index (χ4v) is 2.74. The van der Waals surface area contributed by atoms with E-state index in [1.54, 1.807) is 14.0 Å². The van der Waals surface area contributed by atoms with E-state index in [4.69, 9.17) is 9.47 Å². The molecule has 2 rings (SSSR count). The second-order valence-corrected chi connectivity index (χ2v) is 5.52. The molecule has 1 N–H and O–H groups in total. The normalized spacial score (nSPS) is 11.7. The Kier molecular flexibility index (Phi) is 4.98. The number of anilines is 1. The number of methoxy groups -OCH3 is 1. The van der Waals surface area contributed by atoms with Gasteiger partial charge in [-0.1, -0.05) is 6.07 Å². The van der Waals surface area contributed by atoms with Gasteiger partial charge < -0.3 is 19.4 Å². The largest absolute Gasteiger partial charge is 0.492 e. The second kappa shape index (κ2) is 6.77. The summed E-state index contributed by atoms with van der Waals surface area (Å²) in [6.45, 7) is 8.16. The lowest BCUT2D eigenvalue weighted by Gasteiger charge is -2.14. The van der Waals surface area contributed by atoms with Crippen LogP contribution in [0.4, 0.5) is 5.69 Å². The van der Waals surface area contributed by atoms with Crippen LogP contribution >= 0.6 is 0 Å². The van der Waals surface area contributed by atoms with Crippen LogP contribution in [0.1, 0.15) is 25.1 Å². The third-order valence-electron chi connectivity index (χ3n) is 4.07. The zero-order valence-corrected chi connectivity index (χ0v) is 14.6. The van der Waals surface area contributed by atoms with Crippen molar-refractivity contribution in [3.63, 3.8) is 0 Å². The van der Waals surface area contributed by atoms with E-state index in [1.807, 2.05) is 20.0 Å². The van der Waals surface area contributed by atoms with Crippen molar-refractivity contribution in [1.29, 1.82) is 0 Å². The monoisotopic (exact) mass is 316 g/mol. The Labute approximate surface area is 136 Å². The third kappa shape index (κ3) is 3.18. The molecule has 0 atom stereocenters. The molecule has 5 heteroatoms. The standard InChI is InChI=1S/C18H24N2O3/c1-7-23-16(21)10-11(2)19-15-9-8-14-12(3)13(4)20(5)17(14)18(15)22-6/h8-10,19H,7H2,1-6H3/b11-10+. The van der Waals surface area contributed by atoms with E-state index >= 15 is 0 Å². The number of nitrogens with one attached hydrogen (secondary N) is 1. The molecule has 0 aliphatic rings. The molecule has 2 aromatic rings. The number of carbonyl (C=O) groups excluding carboxylic acids is 1. The Morgan fingerprint density at radius 1 is 1.35 bits per heavy atom. The van der Waals surface area contributed by atoms with Gasteiger partial charge in [0.15, 0.2) is 5.75 Å². The number of aromatic nitrogens is 1. The molecule has 0 bridgehead atoms. The van der Waals surface area contributed by atoms with Crippen LogP contribution in [0.15, 0.2) is 23.9 Å². The fraction of sp³-hybridized carbons (Fsp3) is 0.389. The Balaban J connectivity index is 2.46. The summed E-state index contributed by atoms with van der Waals surface area (Å²) in [6, 6.07) is 4.04. The van der Waals surface area contributed by atoms with Crippen LogP contribution in [-0.4, -0.2) is 24.3 Å². The van der Waals surface area contributed by atoms with Crippen LogP contribution in [-0.2, 0) is 16.6 Å². The average molecular weight is 316 g/mol. The van der Waals surface area contributed by atoms with Crippen molar-refractivity contribution < 1.29 is 14.3 Å². The van der Waals surface area contributed by atoms with E-state index in [2.05, 4.69) is 29.8 Å². The van der Waals surface area contributed by atoms with Crippen LogP contribution in [0.3, 0.4) is 0 Å². The maximum absolute atomic E-state index is 11.5. The van der Waals surface area contributed by atoms with Crippen molar-refractivity contribution >= 4 is 22.6 Å². The average Bonchev–Trinajstić information content (AvgIpc) is 2.72. The van der Waals surface area contributed by atoms with Crippen LogP contribution in [0.25, 0.3) is 10.9 Å². The van der Waals surface area contributed by atoms with E-state index in [1.165, 1.54) is 22.7 Å². The molecule has 0 saturated heterocycles. The summed E-state index contributed by atoms with van der Waals surface area (Å²) in [5.41, 5.74) is 5.00. The van der Waals surface area contributed by atoms with Gasteiger partial charge in [-0.15, -0.1) is 0 Å². The first kappa shape index (κ1) is 16.9. The summed E-state index contributed by atoms with van der Waals surface area (Å²) in [5.74, 6) is 0.404. The lowest BCUT2D eigenvalue weighted by molar-refractivity contribution is -0.137. The van der Waals surface area contributed by atoms with Crippen molar-refractivity contribution in [2.45, 2.75) is 27.7 Å². The fourth-order valence-electron chi connectivity index (χ4n) is 2.74. The quantitative estimate of drug-likeness (QED) is 0.675. The molecule has 23 heavy (non-hydrogen) atoms. The molecule has 1 aromatic heterocycles. The minimum absolute atomic E-state index is 0.358. The summed E-state index contributed by atoms with van der Waals surface area (Å²) in [6.07, 6.45) is 1.44. The second-order valence-electron chi connectivity index (χ2n) is 5.52. The van der Waals surface area contributed by atoms with Gasteiger partial charge in [-0.05, 0) is 39.3 Å². The number of nitrogens with zero attached hydrogens (tertiary/aromatic N) is 1. The van der Waals surface area contributed by atoms with Crippen LogP contribution in [0.5, 0.6) is 5.75 Å². The summed E-state index contributed by atoms with van der Waals surface area (Å²) in [4.78, 5) is 11.5. The molecule has 5 nitrogen and oxygen atoms in total. The molecule has 124 valence electrons. The number of allylic oxidation sites excluding steroid dienone is 1. The lowest BCUT2D eigenvalue weighted by Crippen LogP contribution is -2.05. The van der Waals surface area contributed by atoms with E-state index in [-0.39, 0.29) is 5.97 Å². The van der Waals surface area contributed by atoms with Gasteiger partial charge in [0.25, 0.3) is 0 Å². The zero-order valence-electron chi connectivity index (χ0n) is 14.6. The minimum Gasteiger partial charge on any atom is -0.492 e. The predicted octanol–water partition coefficient (Wildman–Crippen LogP) is 3.68. The molecule has 0 saturated carbocycles. The zero-order chi connectivity index (χ0) is 17.1. The van der Waals surface area contributed by atoms with Crippen molar-refractivity contribution in [3.8, 4) is 5.75 Å². The third-order valence-corrected chi connectivity index (χ3v) is 4.07. The number of hydrogen-bond donors (Lipinski definition) is 1. The summed E-state index contributed by atoms with van der Waals surface area (Å²) < 4.78 is 12.7. The number of rotatable bonds is 5. The number of ether oxygens (including phenoxy) is 2. The van der Waals surface area contributed by atoms with E-state index in [0.717, 1.165) is 17.0 Å². The van der Waals surface area contributed by atoms with Crippen molar-refractivity contribution in [1.82, 2.24) is 4.57 Å². The molecule has 0 aliphatic heterocycles. The molecule has 1 aromatic carbocycles. The molecule has 0 fully saturated rings. The highest BCUT2D eigenvalue weighted by molar-refractivity contribution is 5.95. The highest BCUT2D eigenvalue weighted by Crippen LogP contribution is 2.37. The highest BCUT2D eigenvalue weighted by atomic mass is 16.5. The Hall–Kier alpha value is -2.43. The molecular formula is C18H24N2O3. The minimum atomic E-state index is -0.358. The van der Waals surface area contributed by atoms with Gasteiger partial charge in [-0.3, -0.25) is 0 Å². The van der Waals surface area contributed by atoms with Crippen LogP contribution < -0.4 is 10.1 Å². The summed E-state index contributed by atoms with van der Waals surface area (Å²) >= 11 is 0.